The summed E-state index contributed by atoms with van der Waals surface area (Å²) in [4.78, 5) is 53.9. The molecule has 0 bridgehead atoms. The maximum Gasteiger partial charge on any atom is 0.312 e. The van der Waals surface area contributed by atoms with Gasteiger partial charge in [-0.2, -0.15) is 11.8 Å². The highest BCUT2D eigenvalue weighted by molar-refractivity contribution is 7.99. The van der Waals surface area contributed by atoms with Crippen LogP contribution in [0.3, 0.4) is 0 Å². The number of fused-ring (bicyclic) bond motifs is 1. The summed E-state index contributed by atoms with van der Waals surface area (Å²) in [5, 5.41) is 0. The van der Waals surface area contributed by atoms with Crippen LogP contribution in [0.15, 0.2) is 0 Å². The first-order chi connectivity index (χ1) is 14.8. The van der Waals surface area contributed by atoms with Crippen LogP contribution in [0.25, 0.3) is 0 Å². The molecule has 0 aromatic rings. The van der Waals surface area contributed by atoms with Gasteiger partial charge in [0.2, 0.25) is 6.10 Å². The number of carbonyl (C=O) groups excluding carboxylic acids is 4. The molecule has 2 heterocycles. The second-order valence-corrected chi connectivity index (χ2v) is 13.3. The Kier molecular flexibility index (Phi) is 7.59. The Labute approximate surface area is 201 Å². The molecule has 0 N–H and O–H groups in total. The van der Waals surface area contributed by atoms with Crippen molar-refractivity contribution in [1.29, 1.82) is 0 Å². The first-order valence-electron chi connectivity index (χ1n) is 11.3. The van der Waals surface area contributed by atoms with E-state index in [-0.39, 0.29) is 0 Å². The highest BCUT2D eigenvalue weighted by atomic mass is 32.2. The number of ether oxygens (including phenoxy) is 3. The van der Waals surface area contributed by atoms with Crippen molar-refractivity contribution in [2.45, 2.75) is 93.1 Å². The van der Waals surface area contributed by atoms with E-state index in [1.54, 1.807) is 79.0 Å². The average Bonchev–Trinajstić information content (AvgIpc) is 2.65. The fraction of sp³-hybridized carbons (Fsp3) is 0.833. The maximum atomic E-state index is 13.6. The van der Waals surface area contributed by atoms with Gasteiger partial charge in [-0.15, -0.1) is 0 Å². The number of hydrogen-bond donors (Lipinski definition) is 0. The lowest BCUT2D eigenvalue weighted by Gasteiger charge is -2.55. The third kappa shape index (κ3) is 5.84. The number of esters is 3. The molecule has 2 rings (SSSR count). The van der Waals surface area contributed by atoms with Crippen LogP contribution in [0.4, 0.5) is 0 Å². The molecule has 8 nitrogen and oxygen atoms in total. The SMILES string of the molecule is CC(C)(C)C(=O)O[C@@H]1[C@@H](OC(=O)C(C)(C)C)C(=O)N2CCSC[C@@]2(C)[C@H]1OC(=O)C(C)(C)C. The van der Waals surface area contributed by atoms with Gasteiger partial charge in [-0.05, 0) is 69.2 Å². The fourth-order valence-electron chi connectivity index (χ4n) is 3.49. The molecule has 0 aliphatic carbocycles. The number of amides is 1. The predicted octanol–water partition coefficient (Wildman–Crippen LogP) is 3.21. The van der Waals surface area contributed by atoms with Gasteiger partial charge >= 0.3 is 17.9 Å². The lowest BCUT2D eigenvalue weighted by molar-refractivity contribution is -0.225. The molecule has 2 saturated heterocycles. The van der Waals surface area contributed by atoms with E-state index in [1.807, 2.05) is 6.92 Å². The van der Waals surface area contributed by atoms with Gasteiger partial charge in [-0.25, -0.2) is 0 Å². The van der Waals surface area contributed by atoms with Crippen molar-refractivity contribution in [3.05, 3.63) is 0 Å². The third-order valence-corrected chi connectivity index (χ3v) is 7.00. The van der Waals surface area contributed by atoms with E-state index in [0.29, 0.717) is 18.1 Å². The molecule has 33 heavy (non-hydrogen) atoms. The summed E-state index contributed by atoms with van der Waals surface area (Å²) in [5.41, 5.74) is -3.50. The lowest BCUT2D eigenvalue weighted by atomic mass is 9.81. The summed E-state index contributed by atoms with van der Waals surface area (Å²) >= 11 is 1.63. The monoisotopic (exact) mass is 485 g/mol. The zero-order chi connectivity index (χ0) is 25.6. The summed E-state index contributed by atoms with van der Waals surface area (Å²) in [6.45, 7) is 17.5. The molecule has 4 atom stereocenters. The average molecular weight is 486 g/mol. The van der Waals surface area contributed by atoms with Crippen molar-refractivity contribution in [2.24, 2.45) is 16.2 Å². The van der Waals surface area contributed by atoms with Gasteiger partial charge in [0.05, 0.1) is 21.8 Å². The number of thioether (sulfide) groups is 1. The predicted molar refractivity (Wildman–Crippen MR) is 125 cm³/mol. The Morgan fingerprint density at radius 2 is 1.30 bits per heavy atom. The van der Waals surface area contributed by atoms with E-state index in [2.05, 4.69) is 0 Å². The molecule has 2 aliphatic heterocycles. The Morgan fingerprint density at radius 1 is 0.848 bits per heavy atom. The van der Waals surface area contributed by atoms with Crippen molar-refractivity contribution >= 4 is 35.6 Å². The van der Waals surface area contributed by atoms with Gasteiger partial charge in [-0.3, -0.25) is 19.2 Å². The first kappa shape index (κ1) is 27.5. The smallest absolute Gasteiger partial charge is 0.312 e. The molecule has 188 valence electrons. The Hall–Kier alpha value is -1.77. The highest BCUT2D eigenvalue weighted by Gasteiger charge is 2.62. The van der Waals surface area contributed by atoms with E-state index in [0.717, 1.165) is 0 Å². The number of rotatable bonds is 3. The number of nitrogens with zero attached hydrogens (tertiary/aromatic N) is 1. The van der Waals surface area contributed by atoms with Gasteiger partial charge in [0.1, 0.15) is 0 Å². The Morgan fingerprint density at radius 3 is 1.79 bits per heavy atom. The number of piperidine rings is 1. The lowest BCUT2D eigenvalue weighted by Crippen LogP contribution is -2.75. The van der Waals surface area contributed by atoms with E-state index in [9.17, 15) is 19.2 Å². The number of carbonyl (C=O) groups is 4. The summed E-state index contributed by atoms with van der Waals surface area (Å²) in [7, 11) is 0. The molecule has 0 saturated carbocycles. The topological polar surface area (TPSA) is 99.2 Å². The molecular formula is C24H39NO7S. The maximum absolute atomic E-state index is 13.6. The van der Waals surface area contributed by atoms with E-state index in [4.69, 9.17) is 14.2 Å². The molecule has 9 heteroatoms. The Bertz CT molecular complexity index is 805. The summed E-state index contributed by atoms with van der Waals surface area (Å²) in [5.74, 6) is -0.915. The zero-order valence-electron chi connectivity index (χ0n) is 21.6. The minimum absolute atomic E-state index is 0.410. The zero-order valence-corrected chi connectivity index (χ0v) is 22.4. The van der Waals surface area contributed by atoms with Crippen LogP contribution in [0.5, 0.6) is 0 Å². The van der Waals surface area contributed by atoms with Gasteiger partial charge in [0, 0.05) is 18.1 Å². The molecule has 0 aromatic heterocycles. The van der Waals surface area contributed by atoms with Crippen molar-refractivity contribution < 1.29 is 33.4 Å². The third-order valence-electron chi connectivity index (χ3n) is 5.74. The van der Waals surface area contributed by atoms with E-state index < -0.39 is 63.9 Å². The van der Waals surface area contributed by atoms with Crippen LogP contribution in [0.2, 0.25) is 0 Å². The van der Waals surface area contributed by atoms with E-state index >= 15 is 0 Å². The second-order valence-electron chi connectivity index (χ2n) is 12.2. The van der Waals surface area contributed by atoms with Crippen LogP contribution in [0.1, 0.15) is 69.2 Å². The minimum atomic E-state index is -1.41. The number of hydrogen-bond acceptors (Lipinski definition) is 8. The summed E-state index contributed by atoms with van der Waals surface area (Å²) in [6.07, 6.45) is -3.67. The standard InChI is InChI=1S/C24H39NO7S/c1-21(2,3)18(27)30-14-15(31-19(28)22(4,5)6)17(26)25-11-12-33-13-24(25,10)16(14)32-20(29)23(7,8)9/h14-16H,11-13H2,1-10H3/t14-,15-,16+,24+/m1/s1. The van der Waals surface area contributed by atoms with Crippen molar-refractivity contribution in [2.75, 3.05) is 18.1 Å². The largest absolute Gasteiger partial charge is 0.455 e. The molecular weight excluding hydrogens is 446 g/mol. The normalized spacial score (nSPS) is 28.6. The quantitative estimate of drug-likeness (QED) is 0.444. The van der Waals surface area contributed by atoms with Gasteiger partial charge in [0.15, 0.2) is 12.2 Å². The molecule has 2 aliphatic rings. The summed E-state index contributed by atoms with van der Waals surface area (Å²) in [6, 6.07) is 0. The molecule has 1 amide bonds. The summed E-state index contributed by atoms with van der Waals surface area (Å²) < 4.78 is 17.5. The minimum Gasteiger partial charge on any atom is -0.455 e. The molecule has 0 radical (unpaired) electrons. The molecule has 0 aromatic carbocycles. The van der Waals surface area contributed by atoms with Gasteiger partial charge in [0.25, 0.3) is 5.91 Å². The molecule has 0 unspecified atom stereocenters. The Balaban J connectivity index is 2.60. The van der Waals surface area contributed by atoms with Gasteiger partial charge in [-0.1, -0.05) is 0 Å². The second kappa shape index (κ2) is 9.12. The molecule has 2 fully saturated rings. The van der Waals surface area contributed by atoms with Crippen LogP contribution >= 0.6 is 11.8 Å². The first-order valence-corrected chi connectivity index (χ1v) is 12.5. The fourth-order valence-corrected chi connectivity index (χ4v) is 4.68. The van der Waals surface area contributed by atoms with Crippen LogP contribution < -0.4 is 0 Å². The van der Waals surface area contributed by atoms with Crippen LogP contribution in [-0.2, 0) is 33.4 Å². The van der Waals surface area contributed by atoms with Crippen molar-refractivity contribution in [3.63, 3.8) is 0 Å². The molecule has 0 spiro atoms. The van der Waals surface area contributed by atoms with Gasteiger partial charge < -0.3 is 19.1 Å². The van der Waals surface area contributed by atoms with Crippen LogP contribution in [-0.4, -0.2) is 70.6 Å². The highest BCUT2D eigenvalue weighted by Crippen LogP contribution is 2.41. The van der Waals surface area contributed by atoms with Crippen molar-refractivity contribution in [1.82, 2.24) is 4.90 Å². The van der Waals surface area contributed by atoms with E-state index in [1.165, 1.54) is 0 Å². The van der Waals surface area contributed by atoms with Crippen LogP contribution in [0, 0.1) is 16.2 Å². The van der Waals surface area contributed by atoms with Crippen molar-refractivity contribution in [3.8, 4) is 0 Å².